The third-order valence-electron chi connectivity index (χ3n) is 4.20. The number of nitrogens with one attached hydrogen (secondary N) is 4. The number of nitrogens with zero attached hydrogens (tertiary/aromatic N) is 2. The van der Waals surface area contributed by atoms with Gasteiger partial charge in [-0.15, -0.1) is 0 Å². The summed E-state index contributed by atoms with van der Waals surface area (Å²) in [4.78, 5) is 31.1. The molecule has 1 atom stereocenters. The van der Waals surface area contributed by atoms with Gasteiger partial charge >= 0.3 is 6.09 Å². The third kappa shape index (κ3) is 3.82. The van der Waals surface area contributed by atoms with E-state index < -0.39 is 17.5 Å². The zero-order chi connectivity index (χ0) is 18.6. The van der Waals surface area contributed by atoms with E-state index in [-0.39, 0.29) is 6.42 Å². The lowest BCUT2D eigenvalue weighted by molar-refractivity contribution is -0.126. The molecule has 9 heteroatoms. The Labute approximate surface area is 149 Å². The van der Waals surface area contributed by atoms with Gasteiger partial charge in [0.1, 0.15) is 11.9 Å². The first-order chi connectivity index (χ1) is 12.5. The van der Waals surface area contributed by atoms with Crippen molar-refractivity contribution in [2.75, 3.05) is 6.54 Å². The molecule has 0 saturated carbocycles. The van der Waals surface area contributed by atoms with Gasteiger partial charge in [-0.25, -0.2) is 9.78 Å². The van der Waals surface area contributed by atoms with E-state index in [4.69, 9.17) is 0 Å². The summed E-state index contributed by atoms with van der Waals surface area (Å²) in [6, 6.07) is 7.67. The Bertz CT molecular complexity index is 904. The second kappa shape index (κ2) is 7.26. The highest BCUT2D eigenvalue weighted by atomic mass is 16.4. The van der Waals surface area contributed by atoms with Crippen LogP contribution in [0.1, 0.15) is 18.3 Å². The first-order valence-electron chi connectivity index (χ1n) is 8.17. The minimum absolute atomic E-state index is 0.218. The number of para-hydroxylation sites is 1. The highest BCUT2D eigenvalue weighted by Gasteiger charge is 2.35. The van der Waals surface area contributed by atoms with Gasteiger partial charge in [-0.2, -0.15) is 5.10 Å². The number of H-pyrrole nitrogens is 2. The topological polar surface area (TPSA) is 136 Å². The molecule has 9 nitrogen and oxygen atoms in total. The maximum absolute atomic E-state index is 12.7. The molecule has 5 N–H and O–H groups in total. The number of carboxylic acid groups (broad SMARTS) is 1. The van der Waals surface area contributed by atoms with Crippen LogP contribution in [0.4, 0.5) is 4.79 Å². The molecular weight excluding hydrogens is 336 g/mol. The van der Waals surface area contributed by atoms with Crippen LogP contribution in [0.25, 0.3) is 10.9 Å². The van der Waals surface area contributed by atoms with Crippen LogP contribution in [0.15, 0.2) is 36.8 Å². The minimum atomic E-state index is -1.31. The number of benzene rings is 1. The molecule has 2 amide bonds. The van der Waals surface area contributed by atoms with Crippen LogP contribution in [0, 0.1) is 0 Å². The van der Waals surface area contributed by atoms with Crippen LogP contribution in [-0.2, 0) is 17.6 Å². The Kier molecular flexibility index (Phi) is 4.87. The molecular formula is C17H20N6O3. The Hall–Kier alpha value is -3.36. The van der Waals surface area contributed by atoms with E-state index in [0.29, 0.717) is 18.8 Å². The third-order valence-corrected chi connectivity index (χ3v) is 4.20. The van der Waals surface area contributed by atoms with Gasteiger partial charge in [-0.1, -0.05) is 18.2 Å². The quantitative estimate of drug-likeness (QED) is 0.433. The van der Waals surface area contributed by atoms with Gasteiger partial charge in [-0.3, -0.25) is 9.89 Å². The minimum Gasteiger partial charge on any atom is -0.465 e. The van der Waals surface area contributed by atoms with E-state index in [0.717, 1.165) is 16.5 Å². The lowest BCUT2D eigenvalue weighted by Gasteiger charge is -2.28. The van der Waals surface area contributed by atoms with Gasteiger partial charge in [-0.05, 0) is 18.6 Å². The Morgan fingerprint density at radius 2 is 2.12 bits per heavy atom. The predicted molar refractivity (Wildman–Crippen MR) is 94.7 cm³/mol. The summed E-state index contributed by atoms with van der Waals surface area (Å²) in [5.41, 5.74) is 0.488. The SMILES string of the molecule is CC(Cc1c[nH]c2ccccc12)(NC(=O)O)C(=O)NCCc1nc[nH]n1. The molecule has 3 rings (SSSR count). The van der Waals surface area contributed by atoms with E-state index in [1.165, 1.54) is 6.33 Å². The van der Waals surface area contributed by atoms with Crippen LogP contribution in [0.5, 0.6) is 0 Å². The molecule has 0 bridgehead atoms. The number of hydrogen-bond donors (Lipinski definition) is 5. The van der Waals surface area contributed by atoms with Crippen molar-refractivity contribution in [1.29, 1.82) is 0 Å². The Morgan fingerprint density at radius 1 is 1.31 bits per heavy atom. The lowest BCUT2D eigenvalue weighted by atomic mass is 9.91. The largest absolute Gasteiger partial charge is 0.465 e. The maximum Gasteiger partial charge on any atom is 0.405 e. The smallest absolute Gasteiger partial charge is 0.405 e. The van der Waals surface area contributed by atoms with Crippen molar-refractivity contribution in [3.63, 3.8) is 0 Å². The average molecular weight is 356 g/mol. The zero-order valence-corrected chi connectivity index (χ0v) is 14.2. The van der Waals surface area contributed by atoms with Crippen molar-refractivity contribution in [2.45, 2.75) is 25.3 Å². The zero-order valence-electron chi connectivity index (χ0n) is 14.2. The average Bonchev–Trinajstić information content (AvgIpc) is 3.24. The predicted octanol–water partition coefficient (Wildman–Crippen LogP) is 1.21. The molecule has 0 radical (unpaired) electrons. The van der Waals surface area contributed by atoms with Gasteiger partial charge in [0.15, 0.2) is 5.82 Å². The van der Waals surface area contributed by atoms with Gasteiger partial charge in [0, 0.05) is 36.5 Å². The highest BCUT2D eigenvalue weighted by molar-refractivity contribution is 5.91. The summed E-state index contributed by atoms with van der Waals surface area (Å²) >= 11 is 0. The summed E-state index contributed by atoms with van der Waals surface area (Å²) < 4.78 is 0. The van der Waals surface area contributed by atoms with Crippen molar-refractivity contribution >= 4 is 22.9 Å². The molecule has 2 aromatic heterocycles. The molecule has 1 unspecified atom stereocenters. The number of fused-ring (bicyclic) bond motifs is 1. The lowest BCUT2D eigenvalue weighted by Crippen LogP contribution is -2.58. The Morgan fingerprint density at radius 3 is 2.85 bits per heavy atom. The fraction of sp³-hybridized carbons (Fsp3) is 0.294. The molecule has 0 fully saturated rings. The molecule has 0 spiro atoms. The maximum atomic E-state index is 12.7. The number of carbonyl (C=O) groups excluding carboxylic acids is 1. The van der Waals surface area contributed by atoms with Crippen molar-refractivity contribution in [3.8, 4) is 0 Å². The number of amides is 2. The van der Waals surface area contributed by atoms with E-state index in [1.54, 1.807) is 13.1 Å². The molecule has 136 valence electrons. The number of carbonyl (C=O) groups is 2. The van der Waals surface area contributed by atoms with Gasteiger partial charge in [0.2, 0.25) is 5.91 Å². The monoisotopic (exact) mass is 356 g/mol. The molecule has 0 saturated heterocycles. The first kappa shape index (κ1) is 17.5. The summed E-state index contributed by atoms with van der Waals surface area (Å²) in [5.74, 6) is 0.176. The van der Waals surface area contributed by atoms with Crippen LogP contribution in [0.3, 0.4) is 0 Å². The molecule has 0 aliphatic heterocycles. The fourth-order valence-corrected chi connectivity index (χ4v) is 2.92. The molecule has 3 aromatic rings. The summed E-state index contributed by atoms with van der Waals surface area (Å²) in [7, 11) is 0. The van der Waals surface area contributed by atoms with Gasteiger partial charge in [0.05, 0.1) is 0 Å². The van der Waals surface area contributed by atoms with Crippen molar-refractivity contribution in [3.05, 3.63) is 48.2 Å². The van der Waals surface area contributed by atoms with Crippen molar-refractivity contribution in [1.82, 2.24) is 30.8 Å². The summed E-state index contributed by atoms with van der Waals surface area (Å²) in [6.45, 7) is 1.88. The highest BCUT2D eigenvalue weighted by Crippen LogP contribution is 2.22. The summed E-state index contributed by atoms with van der Waals surface area (Å²) in [6.07, 6.45) is 2.68. The second-order valence-corrected chi connectivity index (χ2v) is 6.22. The van der Waals surface area contributed by atoms with E-state index >= 15 is 0 Å². The van der Waals surface area contributed by atoms with Crippen molar-refractivity contribution in [2.24, 2.45) is 0 Å². The number of aromatic nitrogens is 4. The van der Waals surface area contributed by atoms with Gasteiger partial charge in [0.25, 0.3) is 0 Å². The van der Waals surface area contributed by atoms with Gasteiger partial charge < -0.3 is 20.7 Å². The van der Waals surface area contributed by atoms with E-state index in [1.807, 2.05) is 24.3 Å². The molecule has 26 heavy (non-hydrogen) atoms. The van der Waals surface area contributed by atoms with Crippen LogP contribution in [-0.4, -0.2) is 49.4 Å². The summed E-state index contributed by atoms with van der Waals surface area (Å²) in [5, 5.41) is 21.8. The second-order valence-electron chi connectivity index (χ2n) is 6.22. The van der Waals surface area contributed by atoms with E-state index in [9.17, 15) is 14.7 Å². The first-order valence-corrected chi connectivity index (χ1v) is 8.17. The molecule has 0 aliphatic rings. The van der Waals surface area contributed by atoms with Crippen LogP contribution >= 0.6 is 0 Å². The molecule has 1 aromatic carbocycles. The molecule has 0 aliphatic carbocycles. The van der Waals surface area contributed by atoms with Crippen LogP contribution in [0.2, 0.25) is 0 Å². The number of aromatic amines is 2. The normalized spacial score (nSPS) is 13.3. The van der Waals surface area contributed by atoms with Crippen molar-refractivity contribution < 1.29 is 14.7 Å². The Balaban J connectivity index is 1.74. The number of rotatable bonds is 7. The molecule has 2 heterocycles. The van der Waals surface area contributed by atoms with E-state index in [2.05, 4.69) is 30.8 Å². The van der Waals surface area contributed by atoms with Crippen LogP contribution < -0.4 is 10.6 Å². The fourth-order valence-electron chi connectivity index (χ4n) is 2.92. The number of hydrogen-bond acceptors (Lipinski definition) is 4. The standard InChI is InChI=1S/C17H20N6O3/c1-17(22-16(25)26,15(24)18-7-6-14-20-10-21-23-14)8-11-9-19-13-5-3-2-4-12(11)13/h2-5,9-10,19,22H,6-8H2,1H3,(H,18,24)(H,25,26)(H,20,21,23).